The van der Waals surface area contributed by atoms with Gasteiger partial charge in [-0.15, -0.1) is 0 Å². The van der Waals surface area contributed by atoms with Crippen molar-refractivity contribution in [2.24, 2.45) is 5.92 Å². The first-order valence-corrected chi connectivity index (χ1v) is 8.06. The summed E-state index contributed by atoms with van der Waals surface area (Å²) in [6, 6.07) is 16.5. The standard InChI is InChI=1S/C17H20ClNS/c1-13(2)11-19-12-14-6-3-4-9-17(14)20-16-8-5-7-15(18)10-16/h3-10,13,19H,11-12H2,1-2H3. The van der Waals surface area contributed by atoms with Crippen LogP contribution in [-0.2, 0) is 6.54 Å². The second kappa shape index (κ2) is 7.72. The number of nitrogens with one attached hydrogen (secondary N) is 1. The fourth-order valence-corrected chi connectivity index (χ4v) is 3.16. The van der Waals surface area contributed by atoms with Crippen molar-refractivity contribution in [1.29, 1.82) is 0 Å². The molecule has 2 aromatic rings. The lowest BCUT2D eigenvalue weighted by atomic mass is 10.2. The summed E-state index contributed by atoms with van der Waals surface area (Å²) in [6.45, 7) is 6.39. The number of hydrogen-bond acceptors (Lipinski definition) is 2. The van der Waals surface area contributed by atoms with Crippen LogP contribution in [0.25, 0.3) is 0 Å². The van der Waals surface area contributed by atoms with Gasteiger partial charge in [0.2, 0.25) is 0 Å². The molecule has 2 rings (SSSR count). The van der Waals surface area contributed by atoms with Gasteiger partial charge in [-0.1, -0.05) is 61.5 Å². The minimum absolute atomic E-state index is 0.669. The number of halogens is 1. The lowest BCUT2D eigenvalue weighted by Gasteiger charge is -2.11. The third-order valence-electron chi connectivity index (χ3n) is 2.86. The summed E-state index contributed by atoms with van der Waals surface area (Å²) in [7, 11) is 0. The molecule has 0 aliphatic heterocycles. The molecule has 0 unspecified atom stereocenters. The molecule has 0 saturated carbocycles. The molecular formula is C17H20ClNS. The van der Waals surface area contributed by atoms with Gasteiger partial charge in [0.15, 0.2) is 0 Å². The topological polar surface area (TPSA) is 12.0 Å². The van der Waals surface area contributed by atoms with Crippen LogP contribution in [0.3, 0.4) is 0 Å². The fraction of sp³-hybridized carbons (Fsp3) is 0.294. The van der Waals surface area contributed by atoms with Crippen molar-refractivity contribution in [3.63, 3.8) is 0 Å². The Morgan fingerprint density at radius 3 is 2.65 bits per heavy atom. The zero-order valence-electron chi connectivity index (χ0n) is 11.9. The Morgan fingerprint density at radius 1 is 1.10 bits per heavy atom. The average molecular weight is 306 g/mol. The Labute approximate surface area is 130 Å². The maximum atomic E-state index is 6.04. The van der Waals surface area contributed by atoms with Crippen molar-refractivity contribution in [3.05, 3.63) is 59.1 Å². The summed E-state index contributed by atoms with van der Waals surface area (Å²) in [6.07, 6.45) is 0. The van der Waals surface area contributed by atoms with E-state index >= 15 is 0 Å². The minimum atomic E-state index is 0.669. The van der Waals surface area contributed by atoms with Gasteiger partial charge in [0.25, 0.3) is 0 Å². The van der Waals surface area contributed by atoms with Gasteiger partial charge in [-0.3, -0.25) is 0 Å². The van der Waals surface area contributed by atoms with Crippen LogP contribution in [0.2, 0.25) is 5.02 Å². The van der Waals surface area contributed by atoms with Crippen molar-refractivity contribution in [2.45, 2.75) is 30.2 Å². The lowest BCUT2D eigenvalue weighted by Crippen LogP contribution is -2.19. The summed E-state index contributed by atoms with van der Waals surface area (Å²) in [5, 5.41) is 4.28. The van der Waals surface area contributed by atoms with Crippen molar-refractivity contribution >= 4 is 23.4 Å². The van der Waals surface area contributed by atoms with E-state index < -0.39 is 0 Å². The molecule has 2 aromatic carbocycles. The minimum Gasteiger partial charge on any atom is -0.312 e. The van der Waals surface area contributed by atoms with E-state index in [4.69, 9.17) is 11.6 Å². The number of benzene rings is 2. The summed E-state index contributed by atoms with van der Waals surface area (Å²) >= 11 is 7.81. The van der Waals surface area contributed by atoms with E-state index in [0.29, 0.717) is 5.92 Å². The summed E-state index contributed by atoms with van der Waals surface area (Å²) in [5.74, 6) is 0.669. The molecule has 1 N–H and O–H groups in total. The zero-order valence-corrected chi connectivity index (χ0v) is 13.5. The highest BCUT2D eigenvalue weighted by molar-refractivity contribution is 7.99. The second-order valence-electron chi connectivity index (χ2n) is 5.19. The van der Waals surface area contributed by atoms with Crippen molar-refractivity contribution in [2.75, 3.05) is 6.54 Å². The van der Waals surface area contributed by atoms with Gasteiger partial charge in [0, 0.05) is 21.4 Å². The Morgan fingerprint density at radius 2 is 1.90 bits per heavy atom. The fourth-order valence-electron chi connectivity index (χ4n) is 1.90. The largest absolute Gasteiger partial charge is 0.312 e. The highest BCUT2D eigenvalue weighted by Crippen LogP contribution is 2.31. The molecule has 1 nitrogen and oxygen atoms in total. The monoisotopic (exact) mass is 305 g/mol. The average Bonchev–Trinajstić information content (AvgIpc) is 2.40. The van der Waals surface area contributed by atoms with Gasteiger partial charge in [0.1, 0.15) is 0 Å². The van der Waals surface area contributed by atoms with Crippen molar-refractivity contribution < 1.29 is 0 Å². The summed E-state index contributed by atoms with van der Waals surface area (Å²) < 4.78 is 0. The molecule has 0 spiro atoms. The van der Waals surface area contributed by atoms with Crippen LogP contribution in [0.1, 0.15) is 19.4 Å². The van der Waals surface area contributed by atoms with Crippen LogP contribution < -0.4 is 5.32 Å². The molecule has 0 aliphatic carbocycles. The first-order chi connectivity index (χ1) is 9.65. The van der Waals surface area contributed by atoms with E-state index in [1.54, 1.807) is 11.8 Å². The van der Waals surface area contributed by atoms with Crippen LogP contribution >= 0.6 is 23.4 Å². The third kappa shape index (κ3) is 4.86. The maximum absolute atomic E-state index is 6.04. The van der Waals surface area contributed by atoms with Crippen LogP contribution in [-0.4, -0.2) is 6.54 Å². The molecule has 3 heteroatoms. The highest BCUT2D eigenvalue weighted by atomic mass is 35.5. The van der Waals surface area contributed by atoms with E-state index in [1.807, 2.05) is 18.2 Å². The van der Waals surface area contributed by atoms with Crippen molar-refractivity contribution in [1.82, 2.24) is 5.32 Å². The molecule has 0 radical (unpaired) electrons. The molecule has 0 aromatic heterocycles. The molecular weight excluding hydrogens is 286 g/mol. The molecule has 0 atom stereocenters. The quantitative estimate of drug-likeness (QED) is 0.783. The van der Waals surface area contributed by atoms with Gasteiger partial charge in [-0.05, 0) is 42.3 Å². The van der Waals surface area contributed by atoms with Gasteiger partial charge in [0.05, 0.1) is 0 Å². The predicted octanol–water partition coefficient (Wildman–Crippen LogP) is 5.24. The molecule has 0 fully saturated rings. The van der Waals surface area contributed by atoms with Gasteiger partial charge in [-0.25, -0.2) is 0 Å². The van der Waals surface area contributed by atoms with Gasteiger partial charge >= 0.3 is 0 Å². The number of hydrogen-bond donors (Lipinski definition) is 1. The summed E-state index contributed by atoms with van der Waals surface area (Å²) in [4.78, 5) is 2.46. The molecule has 0 heterocycles. The normalized spacial score (nSPS) is 11.0. The Hall–Kier alpha value is -0.960. The summed E-state index contributed by atoms with van der Waals surface area (Å²) in [5.41, 5.74) is 1.33. The molecule has 0 aliphatic rings. The molecule has 0 saturated heterocycles. The SMILES string of the molecule is CC(C)CNCc1ccccc1Sc1cccc(Cl)c1. The molecule has 106 valence electrons. The molecule has 0 amide bonds. The van der Waals surface area contributed by atoms with E-state index in [0.717, 1.165) is 18.1 Å². The third-order valence-corrected chi connectivity index (χ3v) is 4.21. The Bertz CT molecular complexity index is 554. The highest BCUT2D eigenvalue weighted by Gasteiger charge is 2.04. The molecule has 0 bridgehead atoms. The first kappa shape index (κ1) is 15.4. The maximum Gasteiger partial charge on any atom is 0.0417 e. The van der Waals surface area contributed by atoms with E-state index in [-0.39, 0.29) is 0 Å². The van der Waals surface area contributed by atoms with Crippen LogP contribution in [0.4, 0.5) is 0 Å². The van der Waals surface area contributed by atoms with E-state index in [1.165, 1.54) is 15.4 Å². The Balaban J connectivity index is 2.07. The molecule has 20 heavy (non-hydrogen) atoms. The second-order valence-corrected chi connectivity index (χ2v) is 6.74. The van der Waals surface area contributed by atoms with Gasteiger partial charge < -0.3 is 5.32 Å². The van der Waals surface area contributed by atoms with Gasteiger partial charge in [-0.2, -0.15) is 0 Å². The van der Waals surface area contributed by atoms with E-state index in [9.17, 15) is 0 Å². The smallest absolute Gasteiger partial charge is 0.0417 e. The van der Waals surface area contributed by atoms with Crippen LogP contribution in [0.15, 0.2) is 58.3 Å². The Kier molecular flexibility index (Phi) is 5.96. The number of rotatable bonds is 6. The van der Waals surface area contributed by atoms with E-state index in [2.05, 4.69) is 49.5 Å². The van der Waals surface area contributed by atoms with Crippen molar-refractivity contribution in [3.8, 4) is 0 Å². The predicted molar refractivity (Wildman–Crippen MR) is 88.6 cm³/mol. The zero-order chi connectivity index (χ0) is 14.4. The van der Waals surface area contributed by atoms with Crippen LogP contribution in [0, 0.1) is 5.92 Å². The first-order valence-electron chi connectivity index (χ1n) is 6.87. The van der Waals surface area contributed by atoms with Crippen LogP contribution in [0.5, 0.6) is 0 Å². The lowest BCUT2D eigenvalue weighted by molar-refractivity contribution is 0.550.